The van der Waals surface area contributed by atoms with Crippen LogP contribution >= 0.6 is 24.0 Å². The van der Waals surface area contributed by atoms with Crippen molar-refractivity contribution in [1.82, 2.24) is 30.3 Å². The van der Waals surface area contributed by atoms with E-state index in [2.05, 4.69) is 44.1 Å². The highest BCUT2D eigenvalue weighted by Crippen LogP contribution is 2.11. The number of guanidine groups is 1. The second-order valence-corrected chi connectivity index (χ2v) is 7.78. The van der Waals surface area contributed by atoms with Crippen LogP contribution in [0.1, 0.15) is 38.9 Å². The summed E-state index contributed by atoms with van der Waals surface area (Å²) >= 11 is 0. The van der Waals surface area contributed by atoms with Crippen molar-refractivity contribution in [3.05, 3.63) is 12.2 Å². The number of nitrogens with zero attached hydrogens (tertiary/aromatic N) is 5. The molecule has 9 nitrogen and oxygen atoms in total. The quantitative estimate of drug-likeness (QED) is 0.280. The van der Waals surface area contributed by atoms with E-state index in [1.54, 1.807) is 6.33 Å². The number of aromatic nitrogens is 3. The number of rotatable bonds is 9. The van der Waals surface area contributed by atoms with Crippen LogP contribution in [0.4, 0.5) is 0 Å². The van der Waals surface area contributed by atoms with E-state index in [0.717, 1.165) is 83.7 Å². The number of halogens is 1. The summed E-state index contributed by atoms with van der Waals surface area (Å²) in [6, 6.07) is 0.396. The normalized spacial score (nSPS) is 21.7. The van der Waals surface area contributed by atoms with Crippen LogP contribution in [-0.2, 0) is 22.4 Å². The third-order valence-corrected chi connectivity index (χ3v) is 5.61. The molecule has 0 spiro atoms. The fraction of sp³-hybridized carbons (Fsp3) is 0.850. The van der Waals surface area contributed by atoms with Gasteiger partial charge in [0.15, 0.2) is 5.96 Å². The Kier molecular flexibility index (Phi) is 11.9. The number of aliphatic imine (C=N–C) groups is 1. The molecule has 3 rings (SSSR count). The minimum absolute atomic E-state index is 0. The topological polar surface area (TPSA) is 88.8 Å². The first-order valence-electron chi connectivity index (χ1n) is 11.1. The summed E-state index contributed by atoms with van der Waals surface area (Å²) in [4.78, 5) is 7.30. The summed E-state index contributed by atoms with van der Waals surface area (Å²) in [7, 11) is 0. The SMILES string of the molecule is CCc1nncn1CCNC(=NCC(C)N1CCOCC1)NCC1CCCCO1.I. The van der Waals surface area contributed by atoms with E-state index < -0.39 is 0 Å². The maximum absolute atomic E-state index is 5.85. The molecule has 0 saturated carbocycles. The predicted octanol–water partition coefficient (Wildman–Crippen LogP) is 1.28. The lowest BCUT2D eigenvalue weighted by atomic mass is 10.1. The fourth-order valence-electron chi connectivity index (χ4n) is 3.74. The molecule has 0 aromatic carbocycles. The molecule has 0 aliphatic carbocycles. The van der Waals surface area contributed by atoms with Crippen LogP contribution in [0.15, 0.2) is 11.3 Å². The molecule has 2 aliphatic rings. The summed E-state index contributed by atoms with van der Waals surface area (Å²) in [6.07, 6.45) is 6.48. The predicted molar refractivity (Wildman–Crippen MR) is 129 cm³/mol. The molecule has 10 heteroatoms. The van der Waals surface area contributed by atoms with E-state index in [-0.39, 0.29) is 30.1 Å². The van der Waals surface area contributed by atoms with Crippen LogP contribution < -0.4 is 10.6 Å². The molecule has 172 valence electrons. The molecular weight excluding hydrogens is 497 g/mol. The van der Waals surface area contributed by atoms with Gasteiger partial charge in [-0.15, -0.1) is 34.2 Å². The summed E-state index contributed by atoms with van der Waals surface area (Å²) in [5, 5.41) is 15.1. The van der Waals surface area contributed by atoms with Crippen molar-refractivity contribution >= 4 is 29.9 Å². The third-order valence-electron chi connectivity index (χ3n) is 5.61. The van der Waals surface area contributed by atoms with Crippen molar-refractivity contribution in [3.8, 4) is 0 Å². The molecule has 0 radical (unpaired) electrons. The van der Waals surface area contributed by atoms with Gasteiger partial charge in [0.05, 0.1) is 25.9 Å². The maximum atomic E-state index is 5.85. The van der Waals surface area contributed by atoms with Crippen molar-refractivity contribution in [3.63, 3.8) is 0 Å². The first kappa shape index (κ1) is 25.3. The lowest BCUT2D eigenvalue weighted by Gasteiger charge is -2.31. The number of aryl methyl sites for hydroxylation is 1. The van der Waals surface area contributed by atoms with E-state index >= 15 is 0 Å². The smallest absolute Gasteiger partial charge is 0.191 e. The van der Waals surface area contributed by atoms with Gasteiger partial charge in [-0.25, -0.2) is 0 Å². The number of hydrogen-bond donors (Lipinski definition) is 2. The van der Waals surface area contributed by atoms with Crippen LogP contribution in [0.2, 0.25) is 0 Å². The molecule has 2 aliphatic heterocycles. The molecule has 0 bridgehead atoms. The van der Waals surface area contributed by atoms with Crippen molar-refractivity contribution in [2.45, 2.75) is 58.2 Å². The van der Waals surface area contributed by atoms with Gasteiger partial charge in [0.25, 0.3) is 0 Å². The minimum Gasteiger partial charge on any atom is -0.379 e. The summed E-state index contributed by atoms with van der Waals surface area (Å²) in [6.45, 7) is 11.9. The summed E-state index contributed by atoms with van der Waals surface area (Å²) in [5.41, 5.74) is 0. The molecule has 2 atom stereocenters. The first-order chi connectivity index (χ1) is 14.3. The summed E-state index contributed by atoms with van der Waals surface area (Å²) in [5.74, 6) is 1.86. The molecule has 1 aromatic rings. The Hall–Kier alpha value is -0.980. The largest absolute Gasteiger partial charge is 0.379 e. The zero-order chi connectivity index (χ0) is 20.3. The van der Waals surface area contributed by atoms with Crippen LogP contribution in [0.5, 0.6) is 0 Å². The first-order valence-corrected chi connectivity index (χ1v) is 11.1. The second kappa shape index (κ2) is 14.2. The minimum atomic E-state index is 0. The lowest BCUT2D eigenvalue weighted by molar-refractivity contribution is 0.0192. The third kappa shape index (κ3) is 8.27. The van der Waals surface area contributed by atoms with E-state index in [1.165, 1.54) is 12.8 Å². The molecule has 2 fully saturated rings. The Labute approximate surface area is 197 Å². The average Bonchev–Trinajstić information content (AvgIpc) is 3.24. The zero-order valence-corrected chi connectivity index (χ0v) is 20.7. The zero-order valence-electron chi connectivity index (χ0n) is 18.4. The van der Waals surface area contributed by atoms with Gasteiger partial charge in [0, 0.05) is 51.8 Å². The van der Waals surface area contributed by atoms with Crippen molar-refractivity contribution in [1.29, 1.82) is 0 Å². The number of hydrogen-bond acceptors (Lipinski definition) is 6. The second-order valence-electron chi connectivity index (χ2n) is 7.78. The van der Waals surface area contributed by atoms with Gasteiger partial charge >= 0.3 is 0 Å². The highest BCUT2D eigenvalue weighted by Gasteiger charge is 2.17. The Morgan fingerprint density at radius 2 is 2.10 bits per heavy atom. The van der Waals surface area contributed by atoms with Crippen molar-refractivity contribution in [2.75, 3.05) is 52.5 Å². The molecule has 2 saturated heterocycles. The van der Waals surface area contributed by atoms with Crippen LogP contribution in [0.25, 0.3) is 0 Å². The molecule has 3 heterocycles. The fourth-order valence-corrected chi connectivity index (χ4v) is 3.74. The van der Waals surface area contributed by atoms with Crippen molar-refractivity contribution < 1.29 is 9.47 Å². The molecule has 1 aromatic heterocycles. The van der Waals surface area contributed by atoms with E-state index in [9.17, 15) is 0 Å². The molecular formula is C20H38IN7O2. The Bertz CT molecular complexity index is 616. The van der Waals surface area contributed by atoms with Gasteiger partial charge in [-0.05, 0) is 26.2 Å². The highest BCUT2D eigenvalue weighted by molar-refractivity contribution is 14.0. The van der Waals surface area contributed by atoms with Gasteiger partial charge in [-0.2, -0.15) is 0 Å². The summed E-state index contributed by atoms with van der Waals surface area (Å²) < 4.78 is 13.4. The number of ether oxygens (including phenoxy) is 2. The molecule has 2 N–H and O–H groups in total. The highest BCUT2D eigenvalue weighted by atomic mass is 127. The standard InChI is InChI=1S/C20H37N7O2.HI/c1-3-19-25-24-16-27(19)8-7-21-20(23-15-18-6-4-5-11-29-18)22-14-17(2)26-9-12-28-13-10-26;/h16-18H,3-15H2,1-2H3,(H2,21,22,23);1H. The van der Waals surface area contributed by atoms with Crippen LogP contribution in [0, 0.1) is 0 Å². The Morgan fingerprint density at radius 3 is 2.83 bits per heavy atom. The van der Waals surface area contributed by atoms with E-state index in [1.807, 2.05) is 0 Å². The van der Waals surface area contributed by atoms with Gasteiger partial charge in [-0.3, -0.25) is 9.89 Å². The lowest BCUT2D eigenvalue weighted by Crippen LogP contribution is -2.46. The maximum Gasteiger partial charge on any atom is 0.191 e. The number of morpholine rings is 1. The van der Waals surface area contributed by atoms with Crippen molar-refractivity contribution in [2.24, 2.45) is 4.99 Å². The van der Waals surface area contributed by atoms with E-state index in [4.69, 9.17) is 14.5 Å². The molecule has 0 amide bonds. The number of nitrogens with one attached hydrogen (secondary N) is 2. The van der Waals surface area contributed by atoms with Gasteiger partial charge in [0.2, 0.25) is 0 Å². The van der Waals surface area contributed by atoms with Crippen LogP contribution in [0.3, 0.4) is 0 Å². The van der Waals surface area contributed by atoms with Gasteiger partial charge in [0.1, 0.15) is 12.2 Å². The van der Waals surface area contributed by atoms with Gasteiger partial charge in [-0.1, -0.05) is 6.92 Å². The van der Waals surface area contributed by atoms with E-state index in [0.29, 0.717) is 6.04 Å². The molecule has 2 unspecified atom stereocenters. The molecule has 30 heavy (non-hydrogen) atoms. The van der Waals surface area contributed by atoms with Crippen LogP contribution in [-0.4, -0.2) is 90.3 Å². The average molecular weight is 535 g/mol. The monoisotopic (exact) mass is 535 g/mol. The Balaban J connectivity index is 0.00000320. The van der Waals surface area contributed by atoms with Gasteiger partial charge < -0.3 is 24.7 Å². The Morgan fingerprint density at radius 1 is 1.27 bits per heavy atom.